The molecule has 1 unspecified atom stereocenters. The van der Waals surface area contributed by atoms with Gasteiger partial charge < -0.3 is 10.6 Å². The van der Waals surface area contributed by atoms with Gasteiger partial charge in [-0.3, -0.25) is 0 Å². The van der Waals surface area contributed by atoms with Gasteiger partial charge in [-0.15, -0.1) is 0 Å². The molecule has 0 bridgehead atoms. The Morgan fingerprint density at radius 3 is 2.88 bits per heavy atom. The van der Waals surface area contributed by atoms with Gasteiger partial charge in [0.2, 0.25) is 0 Å². The van der Waals surface area contributed by atoms with Crippen molar-refractivity contribution >= 4 is 21.6 Å². The molecule has 1 fully saturated rings. The molecule has 17 heavy (non-hydrogen) atoms. The van der Waals surface area contributed by atoms with Gasteiger partial charge >= 0.3 is 0 Å². The van der Waals surface area contributed by atoms with Crippen molar-refractivity contribution in [1.29, 1.82) is 0 Å². The van der Waals surface area contributed by atoms with Crippen LogP contribution in [0.2, 0.25) is 0 Å². The molecule has 0 aliphatic carbocycles. The molecular formula is C13H18BrFN2. The van der Waals surface area contributed by atoms with E-state index in [9.17, 15) is 4.39 Å². The third kappa shape index (κ3) is 2.99. The van der Waals surface area contributed by atoms with Crippen LogP contribution in [0.25, 0.3) is 0 Å². The Morgan fingerprint density at radius 2 is 2.24 bits per heavy atom. The third-order valence-electron chi connectivity index (χ3n) is 3.39. The first-order valence-corrected chi connectivity index (χ1v) is 6.71. The summed E-state index contributed by atoms with van der Waals surface area (Å²) in [6.45, 7) is 6.53. The summed E-state index contributed by atoms with van der Waals surface area (Å²) < 4.78 is 13.7. The van der Waals surface area contributed by atoms with Crippen LogP contribution >= 0.6 is 15.9 Å². The molecule has 94 valence electrons. The fourth-order valence-electron chi connectivity index (χ4n) is 2.23. The minimum Gasteiger partial charge on any atom is -0.382 e. The Balaban J connectivity index is 2.11. The first kappa shape index (κ1) is 12.8. The summed E-state index contributed by atoms with van der Waals surface area (Å²) in [6, 6.07) is 5.49. The summed E-state index contributed by atoms with van der Waals surface area (Å²) in [6.07, 6.45) is 1.09. The van der Waals surface area contributed by atoms with E-state index < -0.39 is 0 Å². The lowest BCUT2D eigenvalue weighted by molar-refractivity contribution is 0.236. The Bertz CT molecular complexity index is 406. The van der Waals surface area contributed by atoms with Crippen LogP contribution < -0.4 is 10.6 Å². The Hall–Kier alpha value is -0.610. The van der Waals surface area contributed by atoms with Gasteiger partial charge in [-0.2, -0.15) is 0 Å². The summed E-state index contributed by atoms with van der Waals surface area (Å²) in [5, 5.41) is 6.90. The van der Waals surface area contributed by atoms with Crippen molar-refractivity contribution < 1.29 is 4.39 Å². The molecule has 2 N–H and O–H groups in total. The molecular weight excluding hydrogens is 283 g/mol. The third-order valence-corrected chi connectivity index (χ3v) is 4.00. The Morgan fingerprint density at radius 1 is 1.47 bits per heavy atom. The number of benzene rings is 1. The van der Waals surface area contributed by atoms with Crippen LogP contribution in [0, 0.1) is 11.2 Å². The minimum atomic E-state index is -0.222. The highest BCUT2D eigenvalue weighted by Crippen LogP contribution is 2.29. The predicted octanol–water partition coefficient (Wildman–Crippen LogP) is 3.39. The van der Waals surface area contributed by atoms with Crippen molar-refractivity contribution in [2.45, 2.75) is 26.3 Å². The fraction of sp³-hybridized carbons (Fsp3) is 0.538. The number of anilines is 1. The van der Waals surface area contributed by atoms with Gasteiger partial charge in [0.05, 0.1) is 4.47 Å². The molecule has 0 amide bonds. The molecule has 1 saturated heterocycles. The molecule has 0 radical (unpaired) electrons. The van der Waals surface area contributed by atoms with E-state index in [4.69, 9.17) is 0 Å². The van der Waals surface area contributed by atoms with Crippen molar-refractivity contribution in [1.82, 2.24) is 5.32 Å². The summed E-state index contributed by atoms with van der Waals surface area (Å²) in [4.78, 5) is 0. The molecule has 1 aromatic carbocycles. The number of rotatable bonds is 2. The normalized spacial score (nSPS) is 23.4. The van der Waals surface area contributed by atoms with E-state index in [0.29, 0.717) is 10.5 Å². The molecule has 1 atom stereocenters. The predicted molar refractivity (Wildman–Crippen MR) is 72.8 cm³/mol. The molecule has 2 nitrogen and oxygen atoms in total. The topological polar surface area (TPSA) is 24.1 Å². The maximum Gasteiger partial charge on any atom is 0.137 e. The number of nitrogens with one attached hydrogen (secondary N) is 2. The lowest BCUT2D eigenvalue weighted by atomic mass is 9.80. The Kier molecular flexibility index (Phi) is 3.73. The SMILES string of the molecule is CC1(C)CNCCC1Nc1ccc(F)c(Br)c1. The first-order valence-electron chi connectivity index (χ1n) is 5.91. The molecule has 4 heteroatoms. The van der Waals surface area contributed by atoms with Crippen LogP contribution in [0.3, 0.4) is 0 Å². The van der Waals surface area contributed by atoms with Gasteiger partial charge in [0, 0.05) is 18.3 Å². The molecule has 2 rings (SSSR count). The lowest BCUT2D eigenvalue weighted by Crippen LogP contribution is -2.49. The van der Waals surface area contributed by atoms with Crippen LogP contribution in [-0.4, -0.2) is 19.1 Å². The van der Waals surface area contributed by atoms with E-state index in [1.165, 1.54) is 6.07 Å². The number of halogens is 2. The van der Waals surface area contributed by atoms with Gasteiger partial charge in [-0.05, 0) is 52.5 Å². The van der Waals surface area contributed by atoms with Crippen molar-refractivity contribution in [3.63, 3.8) is 0 Å². The highest BCUT2D eigenvalue weighted by Gasteiger charge is 2.31. The molecule has 0 saturated carbocycles. The van der Waals surface area contributed by atoms with Gasteiger partial charge in [-0.1, -0.05) is 13.8 Å². The smallest absolute Gasteiger partial charge is 0.137 e. The molecule has 1 aliphatic rings. The minimum absolute atomic E-state index is 0.207. The maximum absolute atomic E-state index is 13.1. The van der Waals surface area contributed by atoms with E-state index in [0.717, 1.165) is 25.2 Å². The quantitative estimate of drug-likeness (QED) is 0.875. The van der Waals surface area contributed by atoms with Crippen LogP contribution in [0.1, 0.15) is 20.3 Å². The van der Waals surface area contributed by atoms with E-state index in [1.54, 1.807) is 12.1 Å². The number of hydrogen-bond donors (Lipinski definition) is 2. The summed E-state index contributed by atoms with van der Waals surface area (Å²) >= 11 is 3.21. The van der Waals surface area contributed by atoms with Crippen molar-refractivity contribution in [3.05, 3.63) is 28.5 Å². The second-order valence-electron chi connectivity index (χ2n) is 5.28. The standard InChI is InChI=1S/C13H18BrFN2/c1-13(2)8-16-6-5-12(13)17-9-3-4-11(15)10(14)7-9/h3-4,7,12,16-17H,5-6,8H2,1-2H3. The average Bonchev–Trinajstić information content (AvgIpc) is 2.26. The fourth-order valence-corrected chi connectivity index (χ4v) is 2.60. The molecule has 0 spiro atoms. The summed E-state index contributed by atoms with van der Waals surface area (Å²) in [5.41, 5.74) is 1.18. The number of piperidine rings is 1. The van der Waals surface area contributed by atoms with Crippen LogP contribution in [0.4, 0.5) is 10.1 Å². The highest BCUT2D eigenvalue weighted by molar-refractivity contribution is 9.10. The summed E-state index contributed by atoms with van der Waals surface area (Å²) in [5.74, 6) is -0.222. The second-order valence-corrected chi connectivity index (χ2v) is 6.13. The lowest BCUT2D eigenvalue weighted by Gasteiger charge is -2.40. The zero-order chi connectivity index (χ0) is 12.5. The van der Waals surface area contributed by atoms with E-state index in [2.05, 4.69) is 40.4 Å². The molecule has 1 heterocycles. The molecule has 0 aromatic heterocycles. The van der Waals surface area contributed by atoms with Crippen molar-refractivity contribution in [3.8, 4) is 0 Å². The van der Waals surface area contributed by atoms with E-state index in [-0.39, 0.29) is 11.2 Å². The second kappa shape index (κ2) is 4.94. The zero-order valence-corrected chi connectivity index (χ0v) is 11.8. The number of hydrogen-bond acceptors (Lipinski definition) is 2. The Labute approximate surface area is 110 Å². The van der Waals surface area contributed by atoms with Crippen molar-refractivity contribution in [2.75, 3.05) is 18.4 Å². The van der Waals surface area contributed by atoms with Crippen LogP contribution in [0.5, 0.6) is 0 Å². The molecule has 1 aromatic rings. The zero-order valence-electron chi connectivity index (χ0n) is 10.2. The van der Waals surface area contributed by atoms with E-state index in [1.807, 2.05) is 0 Å². The van der Waals surface area contributed by atoms with Gasteiger partial charge in [0.25, 0.3) is 0 Å². The highest BCUT2D eigenvalue weighted by atomic mass is 79.9. The van der Waals surface area contributed by atoms with Gasteiger partial charge in [0.1, 0.15) is 5.82 Å². The average molecular weight is 301 g/mol. The monoisotopic (exact) mass is 300 g/mol. The van der Waals surface area contributed by atoms with Gasteiger partial charge in [0.15, 0.2) is 0 Å². The van der Waals surface area contributed by atoms with E-state index >= 15 is 0 Å². The van der Waals surface area contributed by atoms with Crippen LogP contribution in [-0.2, 0) is 0 Å². The first-order chi connectivity index (χ1) is 7.99. The van der Waals surface area contributed by atoms with Crippen molar-refractivity contribution in [2.24, 2.45) is 5.41 Å². The summed E-state index contributed by atoms with van der Waals surface area (Å²) in [7, 11) is 0. The maximum atomic E-state index is 13.1. The van der Waals surface area contributed by atoms with Crippen LogP contribution in [0.15, 0.2) is 22.7 Å². The molecule has 1 aliphatic heterocycles. The van der Waals surface area contributed by atoms with Gasteiger partial charge in [-0.25, -0.2) is 4.39 Å². The largest absolute Gasteiger partial charge is 0.382 e.